The summed E-state index contributed by atoms with van der Waals surface area (Å²) >= 11 is 0. The van der Waals surface area contributed by atoms with Crippen LogP contribution in [0.25, 0.3) is 0 Å². The fourth-order valence-corrected chi connectivity index (χ4v) is 2.62. The van der Waals surface area contributed by atoms with Gasteiger partial charge in [0.15, 0.2) is 9.76 Å². The number of hydrogen-bond acceptors (Lipinski definition) is 3. The van der Waals surface area contributed by atoms with Gasteiger partial charge in [-0.3, -0.25) is 4.79 Å². The SMILES string of the molecule is CC(C)(C)[SiH2]OC(C)(C)c1ccnc(NC(=O)C(C)(C)C)c1. The van der Waals surface area contributed by atoms with Crippen molar-refractivity contribution >= 4 is 21.5 Å². The first kappa shape index (κ1) is 18.8. The number of aromatic nitrogens is 1. The Bertz CT molecular complexity index is 528. The van der Waals surface area contributed by atoms with Crippen LogP contribution in [0.3, 0.4) is 0 Å². The molecule has 0 bridgehead atoms. The predicted molar refractivity (Wildman–Crippen MR) is 94.7 cm³/mol. The molecule has 0 radical (unpaired) electrons. The average molecular weight is 323 g/mol. The van der Waals surface area contributed by atoms with Crippen LogP contribution in [0.1, 0.15) is 61.0 Å². The Morgan fingerprint density at radius 1 is 1.14 bits per heavy atom. The third-order valence-corrected chi connectivity index (χ3v) is 4.98. The molecule has 22 heavy (non-hydrogen) atoms. The van der Waals surface area contributed by atoms with Gasteiger partial charge in [0.25, 0.3) is 0 Å². The van der Waals surface area contributed by atoms with Crippen molar-refractivity contribution in [2.45, 2.75) is 66.0 Å². The molecule has 0 spiro atoms. The summed E-state index contributed by atoms with van der Waals surface area (Å²) in [6.45, 7) is 16.4. The van der Waals surface area contributed by atoms with Crippen LogP contribution in [0.5, 0.6) is 0 Å². The van der Waals surface area contributed by atoms with E-state index < -0.39 is 15.2 Å². The van der Waals surface area contributed by atoms with Crippen LogP contribution >= 0.6 is 0 Å². The Morgan fingerprint density at radius 2 is 1.73 bits per heavy atom. The summed E-state index contributed by atoms with van der Waals surface area (Å²) in [5, 5.41) is 3.12. The first-order valence-electron chi connectivity index (χ1n) is 7.73. The second-order valence-corrected chi connectivity index (χ2v) is 11.2. The molecule has 0 saturated heterocycles. The monoisotopic (exact) mass is 322 g/mol. The van der Waals surface area contributed by atoms with Crippen LogP contribution in [-0.2, 0) is 14.8 Å². The molecule has 124 valence electrons. The molecule has 0 saturated carbocycles. The zero-order chi connectivity index (χ0) is 17.2. The van der Waals surface area contributed by atoms with Crippen molar-refractivity contribution in [3.8, 4) is 0 Å². The van der Waals surface area contributed by atoms with Gasteiger partial charge >= 0.3 is 0 Å². The fourth-order valence-electron chi connectivity index (χ4n) is 1.66. The third kappa shape index (κ3) is 5.89. The molecule has 1 aromatic rings. The highest BCUT2D eigenvalue weighted by atomic mass is 28.2. The van der Waals surface area contributed by atoms with Gasteiger partial charge in [-0.2, -0.15) is 0 Å². The van der Waals surface area contributed by atoms with Gasteiger partial charge < -0.3 is 9.74 Å². The number of pyridine rings is 1. The molecule has 0 atom stereocenters. The first-order chi connectivity index (χ1) is 9.81. The molecule has 0 aromatic carbocycles. The number of amides is 1. The number of carbonyl (C=O) groups excluding carboxylic acids is 1. The van der Waals surface area contributed by atoms with Gasteiger partial charge in [-0.25, -0.2) is 4.98 Å². The van der Waals surface area contributed by atoms with Crippen molar-refractivity contribution in [3.05, 3.63) is 23.9 Å². The predicted octanol–water partition coefficient (Wildman–Crippen LogP) is 3.62. The second-order valence-electron chi connectivity index (χ2n) is 8.49. The number of rotatable bonds is 4. The topological polar surface area (TPSA) is 51.2 Å². The molecule has 0 fully saturated rings. The lowest BCUT2D eigenvalue weighted by molar-refractivity contribution is -0.123. The molecule has 0 unspecified atom stereocenters. The van der Waals surface area contributed by atoms with Crippen molar-refractivity contribution in [3.63, 3.8) is 0 Å². The van der Waals surface area contributed by atoms with Gasteiger partial charge in [-0.15, -0.1) is 0 Å². The van der Waals surface area contributed by atoms with Gasteiger partial charge in [0, 0.05) is 11.6 Å². The highest BCUT2D eigenvalue weighted by Gasteiger charge is 2.26. The van der Waals surface area contributed by atoms with Crippen molar-refractivity contribution in [2.24, 2.45) is 5.41 Å². The van der Waals surface area contributed by atoms with Gasteiger partial charge in [0.1, 0.15) is 5.82 Å². The summed E-state index contributed by atoms with van der Waals surface area (Å²) in [5.74, 6) is 0.534. The second kappa shape index (κ2) is 6.50. The Morgan fingerprint density at radius 3 is 2.23 bits per heavy atom. The maximum Gasteiger partial charge on any atom is 0.230 e. The Labute approximate surface area is 137 Å². The first-order valence-corrected chi connectivity index (χ1v) is 9.02. The molecule has 1 amide bonds. The van der Waals surface area contributed by atoms with Gasteiger partial charge in [0.2, 0.25) is 5.91 Å². The van der Waals surface area contributed by atoms with Crippen molar-refractivity contribution in [2.75, 3.05) is 5.32 Å². The van der Waals surface area contributed by atoms with E-state index in [4.69, 9.17) is 4.43 Å². The summed E-state index contributed by atoms with van der Waals surface area (Å²) in [6.07, 6.45) is 1.72. The molecular formula is C17H30N2O2Si. The maximum absolute atomic E-state index is 12.1. The summed E-state index contributed by atoms with van der Waals surface area (Å²) in [7, 11) is -0.663. The van der Waals surface area contributed by atoms with Crippen LogP contribution in [0.4, 0.5) is 5.82 Å². The summed E-state index contributed by atoms with van der Waals surface area (Å²) in [6, 6.07) is 3.85. The molecule has 4 nitrogen and oxygen atoms in total. The number of nitrogens with one attached hydrogen (secondary N) is 1. The lowest BCUT2D eigenvalue weighted by atomic mass is 9.95. The van der Waals surface area contributed by atoms with E-state index in [0.29, 0.717) is 5.82 Å². The average Bonchev–Trinajstić information content (AvgIpc) is 2.35. The minimum Gasteiger partial charge on any atom is -0.415 e. The van der Waals surface area contributed by atoms with Gasteiger partial charge in [-0.1, -0.05) is 41.5 Å². The van der Waals surface area contributed by atoms with Crippen molar-refractivity contribution < 1.29 is 9.22 Å². The molecule has 1 N–H and O–H groups in total. The van der Waals surface area contributed by atoms with E-state index >= 15 is 0 Å². The Kier molecular flexibility index (Phi) is 5.57. The van der Waals surface area contributed by atoms with Gasteiger partial charge in [-0.05, 0) is 36.6 Å². The molecule has 1 aromatic heterocycles. The fraction of sp³-hybridized carbons (Fsp3) is 0.647. The molecule has 5 heteroatoms. The molecule has 0 aliphatic rings. The summed E-state index contributed by atoms with van der Waals surface area (Å²) in [5.41, 5.74) is 0.218. The zero-order valence-electron chi connectivity index (χ0n) is 15.2. The van der Waals surface area contributed by atoms with Crippen molar-refractivity contribution in [1.29, 1.82) is 0 Å². The normalized spacial score (nSPS) is 13.6. The standard InChI is InChI=1S/C17H30N2O2Si/c1-15(2,3)14(20)19-13-11-12(9-10-18-13)17(7,8)21-22-16(4,5)6/h9-11H,22H2,1-8H3,(H,18,19,20). The number of nitrogens with zero attached hydrogens (tertiary/aromatic N) is 1. The largest absolute Gasteiger partial charge is 0.415 e. The van der Waals surface area contributed by atoms with E-state index in [1.165, 1.54) is 0 Å². The number of carbonyl (C=O) groups is 1. The number of anilines is 1. The highest BCUT2D eigenvalue weighted by Crippen LogP contribution is 2.30. The van der Waals surface area contributed by atoms with E-state index in [1.807, 2.05) is 32.9 Å². The minimum atomic E-state index is -0.663. The minimum absolute atomic E-state index is 0.0417. The van der Waals surface area contributed by atoms with Crippen LogP contribution < -0.4 is 5.32 Å². The number of hydrogen-bond donors (Lipinski definition) is 1. The highest BCUT2D eigenvalue weighted by molar-refractivity contribution is 6.31. The molecule has 1 rings (SSSR count). The van der Waals surface area contributed by atoms with E-state index in [-0.39, 0.29) is 16.5 Å². The molecule has 0 aliphatic heterocycles. The quantitative estimate of drug-likeness (QED) is 0.861. The zero-order valence-corrected chi connectivity index (χ0v) is 16.6. The van der Waals surface area contributed by atoms with Crippen molar-refractivity contribution in [1.82, 2.24) is 4.98 Å². The molecular weight excluding hydrogens is 292 g/mol. The van der Waals surface area contributed by atoms with E-state index in [1.54, 1.807) is 6.20 Å². The lowest BCUT2D eigenvalue weighted by Gasteiger charge is -2.30. The third-order valence-electron chi connectivity index (χ3n) is 3.24. The molecule has 1 heterocycles. The smallest absolute Gasteiger partial charge is 0.230 e. The Balaban J connectivity index is 2.89. The van der Waals surface area contributed by atoms with E-state index in [0.717, 1.165) is 5.56 Å². The Hall–Kier alpha value is -1.20. The van der Waals surface area contributed by atoms with Crippen LogP contribution in [0, 0.1) is 5.41 Å². The lowest BCUT2D eigenvalue weighted by Crippen LogP contribution is -2.29. The summed E-state index contributed by atoms with van der Waals surface area (Å²) < 4.78 is 6.21. The van der Waals surface area contributed by atoms with Crippen LogP contribution in [0.2, 0.25) is 5.04 Å². The van der Waals surface area contributed by atoms with Crippen LogP contribution in [0.15, 0.2) is 18.3 Å². The van der Waals surface area contributed by atoms with E-state index in [2.05, 4.69) is 44.9 Å². The van der Waals surface area contributed by atoms with E-state index in [9.17, 15) is 4.79 Å². The molecule has 0 aliphatic carbocycles. The van der Waals surface area contributed by atoms with Gasteiger partial charge in [0.05, 0.1) is 5.60 Å². The summed E-state index contributed by atoms with van der Waals surface area (Å²) in [4.78, 5) is 16.3. The maximum atomic E-state index is 12.1. The van der Waals surface area contributed by atoms with Crippen LogP contribution in [-0.4, -0.2) is 20.7 Å².